The van der Waals surface area contributed by atoms with Crippen molar-refractivity contribution in [3.05, 3.63) is 52.8 Å². The van der Waals surface area contributed by atoms with Crippen molar-refractivity contribution in [2.75, 3.05) is 19.6 Å². The Labute approximate surface area is 171 Å². The van der Waals surface area contributed by atoms with Crippen molar-refractivity contribution in [1.82, 2.24) is 19.6 Å². The minimum atomic E-state index is -0.0100. The second-order valence-corrected chi connectivity index (χ2v) is 9.10. The van der Waals surface area contributed by atoms with Crippen LogP contribution in [0, 0.1) is 11.8 Å². The van der Waals surface area contributed by atoms with E-state index in [1.54, 1.807) is 17.9 Å². The van der Waals surface area contributed by atoms with Crippen LogP contribution in [0.2, 0.25) is 5.02 Å². The first kappa shape index (κ1) is 18.2. The largest absolute Gasteiger partial charge is 0.337 e. The van der Waals surface area contributed by atoms with Crippen molar-refractivity contribution in [2.24, 2.45) is 18.9 Å². The van der Waals surface area contributed by atoms with E-state index >= 15 is 0 Å². The van der Waals surface area contributed by atoms with Crippen LogP contribution in [0.3, 0.4) is 0 Å². The van der Waals surface area contributed by atoms with Crippen molar-refractivity contribution in [2.45, 2.75) is 37.8 Å². The Bertz CT molecular complexity index is 867. The number of carbonyl (C=O) groups excluding carboxylic acids is 1. The molecule has 3 aliphatic heterocycles. The first-order valence-electron chi connectivity index (χ1n) is 10.4. The molecule has 1 aromatic heterocycles. The number of aromatic nitrogens is 2. The van der Waals surface area contributed by atoms with Gasteiger partial charge in [0.05, 0.1) is 5.02 Å². The molecule has 6 heteroatoms. The zero-order valence-corrected chi connectivity index (χ0v) is 17.1. The quantitative estimate of drug-likeness (QED) is 0.773. The van der Waals surface area contributed by atoms with Crippen LogP contribution in [0.25, 0.3) is 0 Å². The molecule has 1 amide bonds. The van der Waals surface area contributed by atoms with Gasteiger partial charge >= 0.3 is 0 Å². The monoisotopic (exact) mass is 398 g/mol. The van der Waals surface area contributed by atoms with Gasteiger partial charge in [-0.15, -0.1) is 0 Å². The van der Waals surface area contributed by atoms with E-state index in [2.05, 4.69) is 40.3 Å². The highest BCUT2D eigenvalue weighted by molar-refractivity contribution is 6.33. The third-order valence-corrected chi connectivity index (χ3v) is 7.12. The average Bonchev–Trinajstić information content (AvgIpc) is 3.05. The molecular weight excluding hydrogens is 372 g/mol. The Morgan fingerprint density at radius 2 is 1.96 bits per heavy atom. The van der Waals surface area contributed by atoms with E-state index in [0.717, 1.165) is 19.6 Å². The van der Waals surface area contributed by atoms with Gasteiger partial charge in [0.1, 0.15) is 0 Å². The SMILES string of the molecule is Cn1cc(Cl)c(C(=O)N2C[C@@H]3C[C@H](C2)[C@@H]2CCC[C@H](c4ccccc4)N2C3)n1. The molecule has 0 radical (unpaired) electrons. The van der Waals surface area contributed by atoms with Crippen LogP contribution in [0.1, 0.15) is 47.8 Å². The van der Waals surface area contributed by atoms with Gasteiger partial charge < -0.3 is 4.90 Å². The molecule has 5 nitrogen and oxygen atoms in total. The van der Waals surface area contributed by atoms with Gasteiger partial charge in [-0.2, -0.15) is 5.10 Å². The molecule has 0 spiro atoms. The standard InChI is InChI=1S/C22H27ClN4O/c1-25-14-18(23)21(24-25)22(28)26-11-15-10-17(13-26)20-9-5-8-19(27(20)12-15)16-6-3-2-4-7-16/h2-4,6-7,14-15,17,19-20H,5,8-13H2,1H3/t15-,17+,19+,20-/m0/s1. The lowest BCUT2D eigenvalue weighted by atomic mass is 9.74. The molecule has 4 heterocycles. The highest BCUT2D eigenvalue weighted by Gasteiger charge is 2.46. The molecule has 5 rings (SSSR count). The summed E-state index contributed by atoms with van der Waals surface area (Å²) in [7, 11) is 1.80. The first-order valence-corrected chi connectivity index (χ1v) is 10.8. The normalized spacial score (nSPS) is 30.1. The number of halogens is 1. The number of aryl methyl sites for hydroxylation is 1. The van der Waals surface area contributed by atoms with E-state index in [0.29, 0.717) is 34.6 Å². The fourth-order valence-electron chi connectivity index (χ4n) is 5.76. The maximum atomic E-state index is 13.1. The number of rotatable bonds is 2. The number of hydrogen-bond donors (Lipinski definition) is 0. The number of fused-ring (bicyclic) bond motifs is 4. The first-order chi connectivity index (χ1) is 13.6. The van der Waals surface area contributed by atoms with Gasteiger partial charge in [0.2, 0.25) is 0 Å². The Hall–Kier alpha value is -1.85. The molecule has 4 atom stereocenters. The fraction of sp³-hybridized carbons (Fsp3) is 0.545. The van der Waals surface area contributed by atoms with Crippen molar-refractivity contribution in [3.63, 3.8) is 0 Å². The summed E-state index contributed by atoms with van der Waals surface area (Å²) in [5.74, 6) is 1.07. The highest BCUT2D eigenvalue weighted by atomic mass is 35.5. The van der Waals surface area contributed by atoms with Gasteiger partial charge in [-0.05, 0) is 43.1 Å². The summed E-state index contributed by atoms with van der Waals surface area (Å²) in [6.45, 7) is 2.72. The number of amides is 1. The molecule has 3 aliphatic rings. The van der Waals surface area contributed by atoms with Gasteiger partial charge in [-0.3, -0.25) is 14.4 Å². The zero-order chi connectivity index (χ0) is 19.3. The second kappa shape index (κ2) is 7.20. The molecule has 3 saturated heterocycles. The number of benzene rings is 1. The lowest BCUT2D eigenvalue weighted by Crippen LogP contribution is -2.60. The predicted octanol–water partition coefficient (Wildman–Crippen LogP) is 3.76. The molecular formula is C22H27ClN4O. The third-order valence-electron chi connectivity index (χ3n) is 6.84. The summed E-state index contributed by atoms with van der Waals surface area (Å²) in [4.78, 5) is 17.8. The van der Waals surface area contributed by atoms with Gasteiger partial charge in [-0.1, -0.05) is 41.9 Å². The Kier molecular flexibility index (Phi) is 4.68. The molecule has 0 N–H and O–H groups in total. The number of hydrogen-bond acceptors (Lipinski definition) is 3. The van der Waals surface area contributed by atoms with E-state index in [1.807, 2.05) is 4.90 Å². The average molecular weight is 399 g/mol. The van der Waals surface area contributed by atoms with Crippen LogP contribution in [0.4, 0.5) is 0 Å². The topological polar surface area (TPSA) is 41.4 Å². The summed E-state index contributed by atoms with van der Waals surface area (Å²) in [6, 6.07) is 12.1. The Morgan fingerprint density at radius 1 is 1.14 bits per heavy atom. The summed E-state index contributed by atoms with van der Waals surface area (Å²) in [5.41, 5.74) is 1.84. The van der Waals surface area contributed by atoms with Gasteiger partial charge in [-0.25, -0.2) is 0 Å². The lowest BCUT2D eigenvalue weighted by Gasteiger charge is -2.55. The summed E-state index contributed by atoms with van der Waals surface area (Å²) < 4.78 is 1.62. The predicted molar refractivity (Wildman–Crippen MR) is 109 cm³/mol. The molecule has 2 bridgehead atoms. The van der Waals surface area contributed by atoms with Crippen LogP contribution in [0.15, 0.2) is 36.5 Å². The Balaban J connectivity index is 1.36. The van der Waals surface area contributed by atoms with Crippen LogP contribution in [0.5, 0.6) is 0 Å². The number of nitrogens with zero attached hydrogens (tertiary/aromatic N) is 4. The van der Waals surface area contributed by atoms with E-state index in [4.69, 9.17) is 11.6 Å². The van der Waals surface area contributed by atoms with Crippen LogP contribution < -0.4 is 0 Å². The van der Waals surface area contributed by atoms with E-state index < -0.39 is 0 Å². The molecule has 0 saturated carbocycles. The summed E-state index contributed by atoms with van der Waals surface area (Å²) in [5, 5.41) is 4.75. The van der Waals surface area contributed by atoms with Crippen molar-refractivity contribution in [3.8, 4) is 0 Å². The van der Waals surface area contributed by atoms with Crippen LogP contribution >= 0.6 is 11.6 Å². The second-order valence-electron chi connectivity index (χ2n) is 8.69. The number of carbonyl (C=O) groups is 1. The molecule has 28 heavy (non-hydrogen) atoms. The molecule has 0 aliphatic carbocycles. The minimum absolute atomic E-state index is 0.0100. The molecule has 1 aromatic carbocycles. The summed E-state index contributed by atoms with van der Waals surface area (Å²) in [6.07, 6.45) is 6.69. The van der Waals surface area contributed by atoms with E-state index in [1.165, 1.54) is 31.2 Å². The van der Waals surface area contributed by atoms with Crippen molar-refractivity contribution in [1.29, 1.82) is 0 Å². The fourth-order valence-corrected chi connectivity index (χ4v) is 6.02. The van der Waals surface area contributed by atoms with E-state index in [9.17, 15) is 4.79 Å². The molecule has 3 fully saturated rings. The number of piperidine rings is 3. The zero-order valence-electron chi connectivity index (χ0n) is 16.3. The minimum Gasteiger partial charge on any atom is -0.337 e. The molecule has 2 aromatic rings. The van der Waals surface area contributed by atoms with Crippen LogP contribution in [-0.4, -0.2) is 51.2 Å². The van der Waals surface area contributed by atoms with Crippen LogP contribution in [-0.2, 0) is 7.05 Å². The number of likely N-dealkylation sites (tertiary alicyclic amines) is 1. The van der Waals surface area contributed by atoms with Crippen molar-refractivity contribution >= 4 is 17.5 Å². The third kappa shape index (κ3) is 3.15. The van der Waals surface area contributed by atoms with Crippen molar-refractivity contribution < 1.29 is 4.79 Å². The summed E-state index contributed by atoms with van der Waals surface area (Å²) >= 11 is 6.24. The lowest BCUT2D eigenvalue weighted by molar-refractivity contribution is -0.0512. The highest BCUT2D eigenvalue weighted by Crippen LogP contribution is 2.44. The van der Waals surface area contributed by atoms with Gasteiger partial charge in [0.25, 0.3) is 5.91 Å². The van der Waals surface area contributed by atoms with Gasteiger partial charge in [0, 0.05) is 45.0 Å². The maximum Gasteiger partial charge on any atom is 0.275 e. The molecule has 0 unspecified atom stereocenters. The molecule has 148 valence electrons. The smallest absolute Gasteiger partial charge is 0.275 e. The van der Waals surface area contributed by atoms with E-state index in [-0.39, 0.29) is 5.91 Å². The maximum absolute atomic E-state index is 13.1. The Morgan fingerprint density at radius 3 is 2.71 bits per heavy atom. The van der Waals surface area contributed by atoms with Gasteiger partial charge in [0.15, 0.2) is 5.69 Å².